The second kappa shape index (κ2) is 8.21. The van der Waals surface area contributed by atoms with Gasteiger partial charge >= 0.3 is 0 Å². The molecule has 1 aliphatic rings. The van der Waals surface area contributed by atoms with E-state index in [9.17, 15) is 4.79 Å². The molecule has 1 aromatic carbocycles. The molecule has 1 atom stereocenters. The molecule has 1 fully saturated rings. The molecule has 3 rings (SSSR count). The first-order valence-corrected chi connectivity index (χ1v) is 9.98. The van der Waals surface area contributed by atoms with Crippen molar-refractivity contribution >= 4 is 29.1 Å². The minimum Gasteiger partial charge on any atom is -0.341 e. The lowest BCUT2D eigenvalue weighted by molar-refractivity contribution is -0.132. The van der Waals surface area contributed by atoms with Crippen molar-refractivity contribution in [2.24, 2.45) is 0 Å². The maximum atomic E-state index is 12.9. The van der Waals surface area contributed by atoms with Crippen molar-refractivity contribution in [3.63, 3.8) is 0 Å². The predicted octanol–water partition coefficient (Wildman–Crippen LogP) is 3.89. The Morgan fingerprint density at radius 1 is 1.26 bits per heavy atom. The van der Waals surface area contributed by atoms with Crippen LogP contribution in [0.5, 0.6) is 0 Å². The van der Waals surface area contributed by atoms with Gasteiger partial charge in [0.25, 0.3) is 0 Å². The van der Waals surface area contributed by atoms with Crippen LogP contribution in [0.3, 0.4) is 0 Å². The summed E-state index contributed by atoms with van der Waals surface area (Å²) in [4.78, 5) is 17.1. The second-order valence-corrected chi connectivity index (χ2v) is 8.25. The van der Waals surface area contributed by atoms with Crippen LogP contribution in [0, 0.1) is 13.8 Å². The zero-order valence-electron chi connectivity index (χ0n) is 16.3. The second-order valence-electron chi connectivity index (χ2n) is 7.44. The van der Waals surface area contributed by atoms with E-state index in [2.05, 4.69) is 24.1 Å². The third-order valence-electron chi connectivity index (χ3n) is 5.40. The van der Waals surface area contributed by atoms with Gasteiger partial charge in [0.15, 0.2) is 0 Å². The Morgan fingerprint density at radius 2 is 2.00 bits per heavy atom. The monoisotopic (exact) mass is 408 g/mol. The number of amides is 1. The number of aromatic nitrogens is 2. The van der Waals surface area contributed by atoms with Crippen LogP contribution in [0.25, 0.3) is 5.69 Å². The number of carbonyl (C=O) groups is 1. The van der Waals surface area contributed by atoms with E-state index in [0.29, 0.717) is 22.5 Å². The van der Waals surface area contributed by atoms with E-state index in [4.69, 9.17) is 23.2 Å². The number of rotatable bonds is 4. The van der Waals surface area contributed by atoms with Gasteiger partial charge in [-0.1, -0.05) is 23.2 Å². The van der Waals surface area contributed by atoms with Crippen LogP contribution in [-0.4, -0.2) is 58.7 Å². The van der Waals surface area contributed by atoms with Gasteiger partial charge in [-0.3, -0.25) is 4.79 Å². The lowest BCUT2D eigenvalue weighted by Crippen LogP contribution is -2.48. The summed E-state index contributed by atoms with van der Waals surface area (Å²) in [5.74, 6) is 0.168. The highest BCUT2D eigenvalue weighted by Crippen LogP contribution is 2.26. The first-order valence-electron chi connectivity index (χ1n) is 9.22. The number of halogens is 2. The van der Waals surface area contributed by atoms with Crippen LogP contribution in [-0.2, 0) is 11.2 Å². The van der Waals surface area contributed by atoms with Gasteiger partial charge in [-0.15, -0.1) is 0 Å². The molecule has 2 heterocycles. The number of hydrogen-bond acceptors (Lipinski definition) is 3. The van der Waals surface area contributed by atoms with E-state index in [1.54, 1.807) is 12.1 Å². The normalized spacial score (nSPS) is 17.6. The lowest BCUT2D eigenvalue weighted by atomic mass is 10.0. The molecule has 0 bridgehead atoms. The summed E-state index contributed by atoms with van der Waals surface area (Å²) in [5.41, 5.74) is 3.65. The predicted molar refractivity (Wildman–Crippen MR) is 110 cm³/mol. The number of carbonyl (C=O) groups excluding carboxylic acids is 1. The lowest BCUT2D eigenvalue weighted by Gasteiger charge is -2.36. The van der Waals surface area contributed by atoms with Gasteiger partial charge < -0.3 is 9.80 Å². The number of piperidine rings is 1. The summed E-state index contributed by atoms with van der Waals surface area (Å²) in [7, 11) is 4.16. The number of likely N-dealkylation sites (tertiary alicyclic amines) is 1. The van der Waals surface area contributed by atoms with Crippen LogP contribution >= 0.6 is 23.2 Å². The summed E-state index contributed by atoms with van der Waals surface area (Å²) >= 11 is 12.2. The number of hydrogen-bond donors (Lipinski definition) is 0. The van der Waals surface area contributed by atoms with Gasteiger partial charge in [-0.25, -0.2) is 4.68 Å². The van der Waals surface area contributed by atoms with E-state index < -0.39 is 0 Å². The zero-order chi connectivity index (χ0) is 19.7. The van der Waals surface area contributed by atoms with Gasteiger partial charge in [0, 0.05) is 30.4 Å². The molecule has 0 N–H and O–H groups in total. The van der Waals surface area contributed by atoms with Crippen molar-refractivity contribution < 1.29 is 4.79 Å². The number of benzene rings is 1. The fraction of sp³-hybridized carbons (Fsp3) is 0.500. The summed E-state index contributed by atoms with van der Waals surface area (Å²) in [6.45, 7) is 5.57. The van der Waals surface area contributed by atoms with Gasteiger partial charge in [0.1, 0.15) is 0 Å². The SMILES string of the molecule is Cc1nn(-c2ccc(Cl)c(Cl)c2)c(C)c1CC(=O)N1CCCC(N(C)C)C1. The van der Waals surface area contributed by atoms with E-state index in [-0.39, 0.29) is 5.91 Å². The van der Waals surface area contributed by atoms with E-state index >= 15 is 0 Å². The smallest absolute Gasteiger partial charge is 0.227 e. The molecule has 1 aliphatic heterocycles. The molecule has 1 unspecified atom stereocenters. The fourth-order valence-corrected chi connectivity index (χ4v) is 3.96. The van der Waals surface area contributed by atoms with Crippen LogP contribution in [0.15, 0.2) is 18.2 Å². The maximum Gasteiger partial charge on any atom is 0.227 e. The van der Waals surface area contributed by atoms with Crippen molar-refractivity contribution in [3.05, 3.63) is 45.2 Å². The van der Waals surface area contributed by atoms with Gasteiger partial charge in [-0.05, 0) is 59.0 Å². The first kappa shape index (κ1) is 20.2. The van der Waals surface area contributed by atoms with Crippen molar-refractivity contribution in [3.8, 4) is 5.69 Å². The molecular weight excluding hydrogens is 383 g/mol. The highest BCUT2D eigenvalue weighted by molar-refractivity contribution is 6.42. The zero-order valence-corrected chi connectivity index (χ0v) is 17.8. The average molecular weight is 409 g/mol. The third kappa shape index (κ3) is 4.31. The molecule has 1 saturated heterocycles. The summed E-state index contributed by atoms with van der Waals surface area (Å²) < 4.78 is 1.83. The molecule has 7 heteroatoms. The van der Waals surface area contributed by atoms with E-state index in [0.717, 1.165) is 48.6 Å². The molecule has 1 aromatic heterocycles. The van der Waals surface area contributed by atoms with Gasteiger partial charge in [-0.2, -0.15) is 5.10 Å². The van der Waals surface area contributed by atoms with Crippen LogP contribution in [0.1, 0.15) is 29.8 Å². The minimum atomic E-state index is 0.168. The molecule has 146 valence electrons. The number of aryl methyl sites for hydroxylation is 1. The van der Waals surface area contributed by atoms with Gasteiger partial charge in [0.05, 0.1) is 27.8 Å². The molecule has 27 heavy (non-hydrogen) atoms. The molecule has 0 aliphatic carbocycles. The third-order valence-corrected chi connectivity index (χ3v) is 6.14. The maximum absolute atomic E-state index is 12.9. The Labute approximate surface area is 170 Å². The Morgan fingerprint density at radius 3 is 2.67 bits per heavy atom. The average Bonchev–Trinajstić information content (AvgIpc) is 2.92. The highest BCUT2D eigenvalue weighted by atomic mass is 35.5. The van der Waals surface area contributed by atoms with Crippen LogP contribution in [0.2, 0.25) is 10.0 Å². The van der Waals surface area contributed by atoms with Crippen molar-refractivity contribution in [2.45, 2.75) is 39.2 Å². The molecule has 5 nitrogen and oxygen atoms in total. The van der Waals surface area contributed by atoms with Gasteiger partial charge in [0.2, 0.25) is 5.91 Å². The van der Waals surface area contributed by atoms with Crippen LogP contribution in [0.4, 0.5) is 0 Å². The first-order chi connectivity index (χ1) is 12.8. The topological polar surface area (TPSA) is 41.4 Å². The summed E-state index contributed by atoms with van der Waals surface area (Å²) in [5, 5.41) is 5.63. The standard InChI is InChI=1S/C20H26Cl2N4O/c1-13-17(11-20(27)25-9-5-6-16(12-25)24(3)4)14(2)26(23-13)15-7-8-18(21)19(22)10-15/h7-8,10,16H,5-6,9,11-12H2,1-4H3. The fourth-order valence-electron chi connectivity index (χ4n) is 3.66. The summed E-state index contributed by atoms with van der Waals surface area (Å²) in [6, 6.07) is 5.87. The minimum absolute atomic E-state index is 0.168. The van der Waals surface area contributed by atoms with Crippen molar-refractivity contribution in [2.75, 3.05) is 27.2 Å². The number of nitrogens with zero attached hydrogens (tertiary/aromatic N) is 4. The van der Waals surface area contributed by atoms with Crippen LogP contribution < -0.4 is 0 Å². The molecule has 0 spiro atoms. The Hall–Kier alpha value is -1.56. The molecule has 0 saturated carbocycles. The largest absolute Gasteiger partial charge is 0.341 e. The van der Waals surface area contributed by atoms with E-state index in [1.165, 1.54) is 0 Å². The molecule has 2 aromatic rings. The molecule has 1 amide bonds. The Bertz CT molecular complexity index is 847. The molecule has 0 radical (unpaired) electrons. The highest BCUT2D eigenvalue weighted by Gasteiger charge is 2.26. The summed E-state index contributed by atoms with van der Waals surface area (Å²) in [6.07, 6.45) is 2.57. The molecular formula is C20H26Cl2N4O. The Balaban J connectivity index is 1.80. The van der Waals surface area contributed by atoms with E-state index in [1.807, 2.05) is 29.5 Å². The van der Waals surface area contributed by atoms with Crippen molar-refractivity contribution in [1.82, 2.24) is 19.6 Å². The van der Waals surface area contributed by atoms with Crippen molar-refractivity contribution in [1.29, 1.82) is 0 Å². The Kier molecular flexibility index (Phi) is 6.14. The number of likely N-dealkylation sites (N-methyl/N-ethyl adjacent to an activating group) is 1. The quantitative estimate of drug-likeness (QED) is 0.770.